The molecule has 0 spiro atoms. The van der Waals surface area contributed by atoms with Crippen LogP contribution in [0.1, 0.15) is 5.56 Å². The number of nitrogens with one attached hydrogen (secondary N) is 2. The molecule has 0 unspecified atom stereocenters. The fourth-order valence-corrected chi connectivity index (χ4v) is 5.32. The zero-order valence-electron chi connectivity index (χ0n) is 14.5. The molecule has 1 heterocycles. The number of sulfonamides is 2. The van der Waals surface area contributed by atoms with Gasteiger partial charge in [0.1, 0.15) is 0 Å². The van der Waals surface area contributed by atoms with Gasteiger partial charge < -0.3 is 0 Å². The molecule has 2 aromatic carbocycles. The first kappa shape index (κ1) is 20.7. The molecule has 0 fully saturated rings. The predicted octanol–water partition coefficient (Wildman–Crippen LogP) is 2.79. The SMILES string of the molecule is O=[N+]([O-])c1cccc(CS(=O)(=O)Nc2ccc(S(=O)(=O)Nc3nccs3)cc2)c1. The lowest BCUT2D eigenvalue weighted by molar-refractivity contribution is -0.384. The van der Waals surface area contributed by atoms with E-state index in [1.807, 2.05) is 0 Å². The summed E-state index contributed by atoms with van der Waals surface area (Å²) < 4.78 is 53.9. The van der Waals surface area contributed by atoms with Gasteiger partial charge in [-0.2, -0.15) is 0 Å². The first-order chi connectivity index (χ1) is 13.6. The van der Waals surface area contributed by atoms with Gasteiger partial charge in [0.2, 0.25) is 10.0 Å². The Morgan fingerprint density at radius 2 is 1.76 bits per heavy atom. The van der Waals surface area contributed by atoms with E-state index < -0.39 is 30.7 Å². The van der Waals surface area contributed by atoms with Gasteiger partial charge in [-0.15, -0.1) is 11.3 Å². The molecule has 1 aromatic heterocycles. The highest BCUT2D eigenvalue weighted by Crippen LogP contribution is 2.21. The summed E-state index contributed by atoms with van der Waals surface area (Å²) in [4.78, 5) is 14.0. The summed E-state index contributed by atoms with van der Waals surface area (Å²) in [5.41, 5.74) is 0.196. The molecule has 0 radical (unpaired) electrons. The largest absolute Gasteiger partial charge is 0.283 e. The third kappa shape index (κ3) is 5.49. The zero-order valence-corrected chi connectivity index (χ0v) is 17.0. The standard InChI is InChI=1S/C16H14N4O6S3/c21-20(22)14-3-1-2-12(10-14)11-28(23,24)18-13-4-6-15(7-5-13)29(25,26)19-16-17-8-9-27-16/h1-10,18H,11H2,(H,17,19). The number of non-ortho nitro benzene ring substituents is 1. The molecule has 152 valence electrons. The van der Waals surface area contributed by atoms with Gasteiger partial charge in [0.25, 0.3) is 15.7 Å². The van der Waals surface area contributed by atoms with Crippen LogP contribution in [0.5, 0.6) is 0 Å². The Morgan fingerprint density at radius 1 is 1.03 bits per heavy atom. The number of thiazole rings is 1. The lowest BCUT2D eigenvalue weighted by Crippen LogP contribution is -2.16. The van der Waals surface area contributed by atoms with E-state index in [1.165, 1.54) is 54.7 Å². The zero-order chi connectivity index (χ0) is 21.1. The molecule has 0 aliphatic carbocycles. The number of hydrogen-bond donors (Lipinski definition) is 2. The van der Waals surface area contributed by atoms with Crippen molar-refractivity contribution >= 4 is 47.9 Å². The third-order valence-electron chi connectivity index (χ3n) is 3.57. The maximum absolute atomic E-state index is 12.3. The number of anilines is 2. The van der Waals surface area contributed by atoms with Crippen LogP contribution in [0, 0.1) is 10.1 Å². The molecule has 29 heavy (non-hydrogen) atoms. The summed E-state index contributed by atoms with van der Waals surface area (Å²) in [6.07, 6.45) is 1.46. The van der Waals surface area contributed by atoms with Crippen molar-refractivity contribution in [3.05, 3.63) is 75.8 Å². The van der Waals surface area contributed by atoms with Crippen LogP contribution < -0.4 is 9.44 Å². The van der Waals surface area contributed by atoms with E-state index in [1.54, 1.807) is 5.38 Å². The quantitative estimate of drug-likeness (QED) is 0.393. The smallest absolute Gasteiger partial charge is 0.269 e. The number of nitro groups is 1. The molecule has 3 rings (SSSR count). The molecule has 0 atom stereocenters. The van der Waals surface area contributed by atoms with Gasteiger partial charge >= 0.3 is 0 Å². The number of aromatic nitrogens is 1. The summed E-state index contributed by atoms with van der Waals surface area (Å²) in [5, 5.41) is 12.6. The van der Waals surface area contributed by atoms with Crippen LogP contribution in [-0.2, 0) is 25.8 Å². The lowest BCUT2D eigenvalue weighted by atomic mass is 10.2. The Morgan fingerprint density at radius 3 is 2.38 bits per heavy atom. The van der Waals surface area contributed by atoms with Crippen LogP contribution in [0.3, 0.4) is 0 Å². The summed E-state index contributed by atoms with van der Waals surface area (Å²) in [6, 6.07) is 10.4. The van der Waals surface area contributed by atoms with Crippen molar-refractivity contribution < 1.29 is 21.8 Å². The second-order valence-electron chi connectivity index (χ2n) is 5.76. The lowest BCUT2D eigenvalue weighted by Gasteiger charge is -2.10. The molecule has 10 nitrogen and oxygen atoms in total. The van der Waals surface area contributed by atoms with Gasteiger partial charge in [-0.25, -0.2) is 21.8 Å². The molecular formula is C16H14N4O6S3. The van der Waals surface area contributed by atoms with E-state index in [0.29, 0.717) is 0 Å². The molecule has 0 bridgehead atoms. The normalized spacial score (nSPS) is 11.7. The van der Waals surface area contributed by atoms with Gasteiger partial charge in [0.15, 0.2) is 5.13 Å². The maximum atomic E-state index is 12.3. The highest BCUT2D eigenvalue weighted by atomic mass is 32.2. The number of hydrogen-bond acceptors (Lipinski definition) is 8. The van der Waals surface area contributed by atoms with Crippen LogP contribution >= 0.6 is 11.3 Å². The van der Waals surface area contributed by atoms with Crippen LogP contribution in [0.2, 0.25) is 0 Å². The van der Waals surface area contributed by atoms with Crippen molar-refractivity contribution in [3.63, 3.8) is 0 Å². The summed E-state index contributed by atoms with van der Waals surface area (Å²) in [6.45, 7) is 0. The number of nitro benzene ring substituents is 1. The minimum Gasteiger partial charge on any atom is -0.283 e. The second-order valence-corrected chi connectivity index (χ2v) is 10.1. The Kier molecular flexibility index (Phi) is 5.81. The summed E-state index contributed by atoms with van der Waals surface area (Å²) in [7, 11) is -7.71. The Balaban J connectivity index is 1.71. The van der Waals surface area contributed by atoms with E-state index in [4.69, 9.17) is 0 Å². The Bertz CT molecular complexity index is 1220. The van der Waals surface area contributed by atoms with Crippen molar-refractivity contribution in [2.24, 2.45) is 0 Å². The number of rotatable bonds is 8. The molecule has 0 amide bonds. The molecule has 0 aliphatic rings. The molecule has 3 aromatic rings. The fraction of sp³-hybridized carbons (Fsp3) is 0.0625. The van der Waals surface area contributed by atoms with Crippen LogP contribution in [0.25, 0.3) is 0 Å². The molecule has 0 saturated carbocycles. The van der Waals surface area contributed by atoms with Crippen molar-refractivity contribution in [1.82, 2.24) is 4.98 Å². The van der Waals surface area contributed by atoms with Crippen molar-refractivity contribution in [2.75, 3.05) is 9.44 Å². The average Bonchev–Trinajstić information content (AvgIpc) is 3.14. The van der Waals surface area contributed by atoms with Crippen molar-refractivity contribution in [3.8, 4) is 0 Å². The molecule has 13 heteroatoms. The first-order valence-electron chi connectivity index (χ1n) is 7.91. The van der Waals surface area contributed by atoms with Gasteiger partial charge in [-0.3, -0.25) is 19.6 Å². The molecule has 0 aliphatic heterocycles. The second kappa shape index (κ2) is 8.14. The fourth-order valence-electron chi connectivity index (χ4n) is 2.34. The highest BCUT2D eigenvalue weighted by Gasteiger charge is 2.17. The minimum absolute atomic E-state index is 0.0608. The molecule has 0 saturated heterocycles. The van der Waals surface area contributed by atoms with Crippen molar-refractivity contribution in [2.45, 2.75) is 10.6 Å². The molecule has 2 N–H and O–H groups in total. The maximum Gasteiger partial charge on any atom is 0.269 e. The van der Waals surface area contributed by atoms with Crippen LogP contribution in [-0.4, -0.2) is 26.7 Å². The number of nitrogens with zero attached hydrogens (tertiary/aromatic N) is 2. The van der Waals surface area contributed by atoms with Gasteiger partial charge in [-0.05, 0) is 29.8 Å². The Labute approximate surface area is 170 Å². The molecular weight excluding hydrogens is 440 g/mol. The van der Waals surface area contributed by atoms with Gasteiger partial charge in [-0.1, -0.05) is 12.1 Å². The van der Waals surface area contributed by atoms with Gasteiger partial charge in [0.05, 0.1) is 15.6 Å². The van der Waals surface area contributed by atoms with Gasteiger partial charge in [0, 0.05) is 29.4 Å². The first-order valence-corrected chi connectivity index (χ1v) is 11.9. The van der Waals surface area contributed by atoms with Crippen LogP contribution in [0.15, 0.2) is 65.0 Å². The Hall–Kier alpha value is -3.03. The number of benzene rings is 2. The summed E-state index contributed by atoms with van der Waals surface area (Å²) >= 11 is 1.12. The van der Waals surface area contributed by atoms with E-state index in [9.17, 15) is 26.9 Å². The highest BCUT2D eigenvalue weighted by molar-refractivity contribution is 7.93. The average molecular weight is 455 g/mol. The topological polar surface area (TPSA) is 148 Å². The van der Waals surface area contributed by atoms with Crippen molar-refractivity contribution in [1.29, 1.82) is 0 Å². The van der Waals surface area contributed by atoms with E-state index in [0.717, 1.165) is 11.3 Å². The summed E-state index contributed by atoms with van der Waals surface area (Å²) in [5.74, 6) is -0.472. The third-order valence-corrected chi connectivity index (χ3v) is 7.00. The minimum atomic E-state index is -3.87. The monoisotopic (exact) mass is 454 g/mol. The van der Waals surface area contributed by atoms with Crippen LogP contribution in [0.4, 0.5) is 16.5 Å². The van der Waals surface area contributed by atoms with E-state index in [2.05, 4.69) is 14.4 Å². The van der Waals surface area contributed by atoms with E-state index in [-0.39, 0.29) is 27.0 Å². The van der Waals surface area contributed by atoms with E-state index >= 15 is 0 Å². The predicted molar refractivity (Wildman–Crippen MR) is 109 cm³/mol.